The van der Waals surface area contributed by atoms with Gasteiger partial charge in [0.2, 0.25) is 5.91 Å². The molecule has 0 aromatic heterocycles. The number of nitrogens with two attached hydrogens (primary N) is 2. The molecule has 0 heterocycles. The van der Waals surface area contributed by atoms with Gasteiger partial charge in [0.05, 0.1) is 5.56 Å². The summed E-state index contributed by atoms with van der Waals surface area (Å²) in [5.74, 6) is -1.22. The summed E-state index contributed by atoms with van der Waals surface area (Å²) in [4.78, 5) is 11.0. The Morgan fingerprint density at radius 1 is 1.10 bits per heavy atom. The van der Waals surface area contributed by atoms with E-state index in [2.05, 4.69) is 0 Å². The molecule has 0 aliphatic carbocycles. The average molecular weight is 296 g/mol. The van der Waals surface area contributed by atoms with Gasteiger partial charge in [0.15, 0.2) is 0 Å². The Kier molecular flexibility index (Phi) is 3.75. The highest BCUT2D eigenvalue weighted by atomic mass is 19.4. The average Bonchev–Trinajstić information content (AvgIpc) is 2.37. The Hall–Kier alpha value is -2.70. The minimum atomic E-state index is -4.68. The Bertz CT molecular complexity index is 684. The number of hydrogen-bond donors (Lipinski definition) is 2. The van der Waals surface area contributed by atoms with Crippen LogP contribution in [-0.2, 0) is 6.18 Å². The van der Waals surface area contributed by atoms with Crippen LogP contribution in [0.4, 0.5) is 18.9 Å². The number of benzene rings is 2. The van der Waals surface area contributed by atoms with Crippen LogP contribution in [0.15, 0.2) is 42.5 Å². The van der Waals surface area contributed by atoms with E-state index in [1.807, 2.05) is 0 Å². The van der Waals surface area contributed by atoms with E-state index in [0.717, 1.165) is 6.07 Å². The number of hydrogen-bond acceptors (Lipinski definition) is 3. The van der Waals surface area contributed by atoms with Crippen molar-refractivity contribution in [3.8, 4) is 11.5 Å². The van der Waals surface area contributed by atoms with Crippen LogP contribution in [0, 0.1) is 0 Å². The Morgan fingerprint density at radius 2 is 1.81 bits per heavy atom. The molecule has 7 heteroatoms. The molecule has 0 radical (unpaired) electrons. The molecule has 4 nitrogen and oxygen atoms in total. The highest BCUT2D eigenvalue weighted by Gasteiger charge is 2.35. The second kappa shape index (κ2) is 5.35. The van der Waals surface area contributed by atoms with Crippen molar-refractivity contribution in [3.63, 3.8) is 0 Å². The van der Waals surface area contributed by atoms with Gasteiger partial charge in [0.1, 0.15) is 11.5 Å². The van der Waals surface area contributed by atoms with Crippen molar-refractivity contribution < 1.29 is 22.7 Å². The number of amides is 1. The number of carbonyl (C=O) groups is 1. The molecule has 1 amide bonds. The standard InChI is InChI=1S/C14H11F3N2O2/c15-14(16,17)11-6-8(13(19)20)4-5-12(11)21-10-3-1-2-9(18)7-10/h1-7H,18H2,(H2,19,20). The molecule has 0 aliphatic rings. The molecule has 0 bridgehead atoms. The maximum absolute atomic E-state index is 13.0. The highest BCUT2D eigenvalue weighted by molar-refractivity contribution is 5.93. The van der Waals surface area contributed by atoms with Crippen molar-refractivity contribution in [2.24, 2.45) is 5.73 Å². The number of rotatable bonds is 3. The van der Waals surface area contributed by atoms with Crippen LogP contribution in [0.5, 0.6) is 11.5 Å². The first-order valence-corrected chi connectivity index (χ1v) is 5.82. The molecule has 0 unspecified atom stereocenters. The first-order chi connectivity index (χ1) is 9.77. The molecular formula is C14H11F3N2O2. The van der Waals surface area contributed by atoms with E-state index >= 15 is 0 Å². The van der Waals surface area contributed by atoms with Crippen molar-refractivity contribution in [1.29, 1.82) is 0 Å². The predicted octanol–water partition coefficient (Wildman–Crippen LogP) is 3.18. The van der Waals surface area contributed by atoms with Crippen molar-refractivity contribution >= 4 is 11.6 Å². The van der Waals surface area contributed by atoms with Crippen molar-refractivity contribution in [1.82, 2.24) is 0 Å². The second-order valence-corrected chi connectivity index (χ2v) is 4.25. The molecule has 21 heavy (non-hydrogen) atoms. The number of carbonyl (C=O) groups excluding carboxylic acids is 1. The summed E-state index contributed by atoms with van der Waals surface area (Å²) < 4.78 is 44.3. The number of halogens is 3. The smallest absolute Gasteiger partial charge is 0.420 e. The quantitative estimate of drug-likeness (QED) is 0.854. The normalized spacial score (nSPS) is 11.2. The van der Waals surface area contributed by atoms with Crippen LogP contribution in [-0.4, -0.2) is 5.91 Å². The van der Waals surface area contributed by atoms with Crippen LogP contribution < -0.4 is 16.2 Å². The molecule has 2 rings (SSSR count). The topological polar surface area (TPSA) is 78.3 Å². The third-order valence-corrected chi connectivity index (χ3v) is 2.66. The summed E-state index contributed by atoms with van der Waals surface area (Å²) in [5.41, 5.74) is 9.55. The molecule has 2 aromatic carbocycles. The molecule has 0 fully saturated rings. The third kappa shape index (κ3) is 3.44. The number of anilines is 1. The van der Waals surface area contributed by atoms with E-state index in [-0.39, 0.29) is 11.3 Å². The molecular weight excluding hydrogens is 285 g/mol. The SMILES string of the molecule is NC(=O)c1ccc(Oc2cccc(N)c2)c(C(F)(F)F)c1. The summed E-state index contributed by atoms with van der Waals surface area (Å²) in [6.07, 6.45) is -4.68. The lowest BCUT2D eigenvalue weighted by atomic mass is 10.1. The van der Waals surface area contributed by atoms with E-state index < -0.39 is 23.4 Å². The molecule has 0 saturated carbocycles. The van der Waals surface area contributed by atoms with Crippen LogP contribution in [0.25, 0.3) is 0 Å². The van der Waals surface area contributed by atoms with Crippen LogP contribution in [0.1, 0.15) is 15.9 Å². The zero-order chi connectivity index (χ0) is 15.6. The fourth-order valence-corrected chi connectivity index (χ4v) is 1.70. The summed E-state index contributed by atoms with van der Waals surface area (Å²) >= 11 is 0. The summed E-state index contributed by atoms with van der Waals surface area (Å²) in [6.45, 7) is 0. The molecule has 2 aromatic rings. The largest absolute Gasteiger partial charge is 0.457 e. The lowest BCUT2D eigenvalue weighted by Crippen LogP contribution is -2.14. The summed E-state index contributed by atoms with van der Waals surface area (Å²) in [6, 6.07) is 8.86. The first kappa shape index (κ1) is 14.7. The predicted molar refractivity (Wildman–Crippen MR) is 70.9 cm³/mol. The van der Waals surface area contributed by atoms with Crippen molar-refractivity contribution in [3.05, 3.63) is 53.6 Å². The van der Waals surface area contributed by atoms with Gasteiger partial charge in [-0.25, -0.2) is 0 Å². The first-order valence-electron chi connectivity index (χ1n) is 5.82. The fraction of sp³-hybridized carbons (Fsp3) is 0.0714. The van der Waals surface area contributed by atoms with Gasteiger partial charge in [-0.2, -0.15) is 13.2 Å². The van der Waals surface area contributed by atoms with Crippen LogP contribution in [0.3, 0.4) is 0 Å². The van der Waals surface area contributed by atoms with Crippen molar-refractivity contribution in [2.75, 3.05) is 5.73 Å². The van der Waals surface area contributed by atoms with E-state index in [9.17, 15) is 18.0 Å². The lowest BCUT2D eigenvalue weighted by Gasteiger charge is -2.14. The Labute approximate surface area is 118 Å². The second-order valence-electron chi connectivity index (χ2n) is 4.25. The number of primary amides is 1. The molecule has 0 saturated heterocycles. The van der Waals surface area contributed by atoms with Gasteiger partial charge in [-0.3, -0.25) is 4.79 Å². The van der Waals surface area contributed by atoms with Gasteiger partial charge in [-0.15, -0.1) is 0 Å². The fourth-order valence-electron chi connectivity index (χ4n) is 1.70. The van der Waals surface area contributed by atoms with Gasteiger partial charge in [-0.05, 0) is 30.3 Å². The third-order valence-electron chi connectivity index (χ3n) is 2.66. The molecule has 0 aliphatic heterocycles. The number of nitrogen functional groups attached to an aromatic ring is 1. The molecule has 4 N–H and O–H groups in total. The number of ether oxygens (including phenoxy) is 1. The van der Waals surface area contributed by atoms with E-state index in [4.69, 9.17) is 16.2 Å². The maximum atomic E-state index is 13.0. The van der Waals surface area contributed by atoms with Crippen LogP contribution >= 0.6 is 0 Å². The monoisotopic (exact) mass is 296 g/mol. The van der Waals surface area contributed by atoms with Gasteiger partial charge in [-0.1, -0.05) is 6.07 Å². The van der Waals surface area contributed by atoms with Gasteiger partial charge < -0.3 is 16.2 Å². The van der Waals surface area contributed by atoms with E-state index in [1.165, 1.54) is 18.2 Å². The minimum Gasteiger partial charge on any atom is -0.457 e. The van der Waals surface area contributed by atoms with Gasteiger partial charge >= 0.3 is 6.18 Å². The van der Waals surface area contributed by atoms with Gasteiger partial charge in [0, 0.05) is 17.3 Å². The summed E-state index contributed by atoms with van der Waals surface area (Å²) in [5, 5.41) is 0. The zero-order valence-corrected chi connectivity index (χ0v) is 10.6. The van der Waals surface area contributed by atoms with E-state index in [1.54, 1.807) is 12.1 Å². The maximum Gasteiger partial charge on any atom is 0.420 e. The molecule has 0 spiro atoms. The molecule has 0 atom stereocenters. The van der Waals surface area contributed by atoms with Gasteiger partial charge in [0.25, 0.3) is 0 Å². The van der Waals surface area contributed by atoms with Crippen LogP contribution in [0.2, 0.25) is 0 Å². The van der Waals surface area contributed by atoms with Crippen molar-refractivity contribution in [2.45, 2.75) is 6.18 Å². The van der Waals surface area contributed by atoms with E-state index in [0.29, 0.717) is 11.8 Å². The zero-order valence-electron chi connectivity index (χ0n) is 10.6. The number of alkyl halides is 3. The molecule has 110 valence electrons. The Balaban J connectivity index is 2.45. The minimum absolute atomic E-state index is 0.160. The Morgan fingerprint density at radius 3 is 2.38 bits per heavy atom. The summed E-state index contributed by atoms with van der Waals surface area (Å²) in [7, 11) is 0. The lowest BCUT2D eigenvalue weighted by molar-refractivity contribution is -0.138. The highest BCUT2D eigenvalue weighted by Crippen LogP contribution is 2.38.